The Morgan fingerprint density at radius 2 is 2.08 bits per heavy atom. The molecule has 0 saturated heterocycles. The zero-order valence-electron chi connectivity index (χ0n) is 7.12. The van der Waals surface area contributed by atoms with E-state index in [4.69, 9.17) is 5.26 Å². The maximum absolute atomic E-state index is 8.43. The highest BCUT2D eigenvalue weighted by atomic mass is 14.9. The highest BCUT2D eigenvalue weighted by Crippen LogP contribution is 2.01. The Balaban J connectivity index is 2.60. The summed E-state index contributed by atoms with van der Waals surface area (Å²) in [6.45, 7) is 2.14. The first-order chi connectivity index (χ1) is 5.86. The predicted molar refractivity (Wildman–Crippen MR) is 45.4 cm³/mol. The molecule has 1 heterocycles. The van der Waals surface area contributed by atoms with E-state index < -0.39 is 0 Å². The summed E-state index contributed by atoms with van der Waals surface area (Å²) in [5.41, 5.74) is 1.11. The molecule has 0 aliphatic carbocycles. The molecule has 0 fully saturated rings. The molecular weight excluding hydrogens is 150 g/mol. The van der Waals surface area contributed by atoms with Crippen LogP contribution in [0.2, 0.25) is 0 Å². The van der Waals surface area contributed by atoms with Gasteiger partial charge in [0.1, 0.15) is 6.07 Å². The molecule has 1 rings (SSSR count). The van der Waals surface area contributed by atoms with Crippen molar-refractivity contribution in [3.05, 3.63) is 23.8 Å². The second kappa shape index (κ2) is 4.45. The van der Waals surface area contributed by atoms with Gasteiger partial charge in [-0.05, 0) is 18.4 Å². The fourth-order valence-electron chi connectivity index (χ4n) is 0.923. The van der Waals surface area contributed by atoms with Crippen molar-refractivity contribution in [3.63, 3.8) is 0 Å². The molecule has 0 unspecified atom stereocenters. The van der Waals surface area contributed by atoms with E-state index in [9.17, 15) is 0 Å². The van der Waals surface area contributed by atoms with Gasteiger partial charge in [0.05, 0.1) is 0 Å². The second-order valence-corrected chi connectivity index (χ2v) is 2.63. The van der Waals surface area contributed by atoms with E-state index >= 15 is 0 Å². The van der Waals surface area contributed by atoms with Crippen LogP contribution in [0.1, 0.15) is 31.2 Å². The summed E-state index contributed by atoms with van der Waals surface area (Å²) in [4.78, 5) is 7.76. The van der Waals surface area contributed by atoms with E-state index in [1.54, 1.807) is 12.4 Å². The maximum Gasteiger partial charge on any atom is 0.232 e. The van der Waals surface area contributed by atoms with Gasteiger partial charge in [0.25, 0.3) is 0 Å². The van der Waals surface area contributed by atoms with Gasteiger partial charge < -0.3 is 0 Å². The van der Waals surface area contributed by atoms with Gasteiger partial charge in [0, 0.05) is 12.4 Å². The van der Waals surface area contributed by atoms with Crippen LogP contribution in [0.4, 0.5) is 0 Å². The lowest BCUT2D eigenvalue weighted by Gasteiger charge is -1.96. The molecule has 0 atom stereocenters. The summed E-state index contributed by atoms with van der Waals surface area (Å²) < 4.78 is 0. The first-order valence-corrected chi connectivity index (χ1v) is 4.08. The van der Waals surface area contributed by atoms with Gasteiger partial charge in [-0.25, -0.2) is 9.97 Å². The number of hydrogen-bond acceptors (Lipinski definition) is 3. The minimum absolute atomic E-state index is 0.246. The Labute approximate surface area is 72.1 Å². The fraction of sp³-hybridized carbons (Fsp3) is 0.444. The molecule has 0 bridgehead atoms. The number of nitriles is 1. The Morgan fingerprint density at radius 1 is 1.42 bits per heavy atom. The van der Waals surface area contributed by atoms with Gasteiger partial charge >= 0.3 is 0 Å². The molecule has 0 spiro atoms. The third kappa shape index (κ3) is 2.31. The minimum atomic E-state index is 0.246. The molecule has 0 amide bonds. The van der Waals surface area contributed by atoms with Gasteiger partial charge in [-0.15, -0.1) is 0 Å². The van der Waals surface area contributed by atoms with Crippen LogP contribution in [-0.4, -0.2) is 9.97 Å². The monoisotopic (exact) mass is 161 g/mol. The number of nitrogens with zero attached hydrogens (tertiary/aromatic N) is 3. The average molecular weight is 161 g/mol. The summed E-state index contributed by atoms with van der Waals surface area (Å²) >= 11 is 0. The lowest BCUT2D eigenvalue weighted by atomic mass is 10.1. The van der Waals surface area contributed by atoms with Crippen LogP contribution in [-0.2, 0) is 6.42 Å². The zero-order valence-corrected chi connectivity index (χ0v) is 7.12. The molecule has 3 heteroatoms. The molecule has 62 valence electrons. The summed E-state index contributed by atoms with van der Waals surface area (Å²) in [5, 5.41) is 8.43. The molecule has 3 nitrogen and oxygen atoms in total. The normalized spacial score (nSPS) is 9.33. The van der Waals surface area contributed by atoms with Crippen LogP contribution in [0.5, 0.6) is 0 Å². The maximum atomic E-state index is 8.43. The Morgan fingerprint density at radius 3 is 2.58 bits per heavy atom. The van der Waals surface area contributed by atoms with E-state index in [0.717, 1.165) is 18.4 Å². The summed E-state index contributed by atoms with van der Waals surface area (Å²) in [7, 11) is 0. The van der Waals surface area contributed by atoms with Crippen molar-refractivity contribution < 1.29 is 0 Å². The first kappa shape index (κ1) is 8.66. The standard InChI is InChI=1S/C9H11N3/c1-2-3-4-8-6-11-9(5-10)12-7-8/h6-7H,2-4H2,1H3. The van der Waals surface area contributed by atoms with Crippen molar-refractivity contribution >= 4 is 0 Å². The Kier molecular flexibility index (Phi) is 3.21. The Bertz CT molecular complexity index is 271. The molecule has 0 N–H and O–H groups in total. The number of aromatic nitrogens is 2. The van der Waals surface area contributed by atoms with Crippen LogP contribution in [0.15, 0.2) is 12.4 Å². The van der Waals surface area contributed by atoms with Gasteiger partial charge in [-0.1, -0.05) is 13.3 Å². The zero-order chi connectivity index (χ0) is 8.81. The lowest BCUT2D eigenvalue weighted by molar-refractivity contribution is 0.787. The van der Waals surface area contributed by atoms with E-state index in [-0.39, 0.29) is 5.82 Å². The minimum Gasteiger partial charge on any atom is -0.227 e. The van der Waals surface area contributed by atoms with Crippen LogP contribution in [0, 0.1) is 11.3 Å². The quantitative estimate of drug-likeness (QED) is 0.677. The van der Waals surface area contributed by atoms with Crippen molar-refractivity contribution in [3.8, 4) is 6.07 Å². The summed E-state index contributed by atoms with van der Waals surface area (Å²) in [6.07, 6.45) is 6.76. The third-order valence-electron chi connectivity index (χ3n) is 1.62. The molecule has 0 aliphatic heterocycles. The largest absolute Gasteiger partial charge is 0.232 e. The lowest BCUT2D eigenvalue weighted by Crippen LogP contribution is -1.92. The summed E-state index contributed by atoms with van der Waals surface area (Å²) in [6, 6.07) is 1.89. The van der Waals surface area contributed by atoms with Gasteiger partial charge in [-0.2, -0.15) is 5.26 Å². The number of aryl methyl sites for hydroxylation is 1. The second-order valence-electron chi connectivity index (χ2n) is 2.63. The van der Waals surface area contributed by atoms with Crippen molar-refractivity contribution in [2.75, 3.05) is 0 Å². The van der Waals surface area contributed by atoms with Gasteiger partial charge in [0.2, 0.25) is 5.82 Å². The molecule has 0 aliphatic rings. The van der Waals surface area contributed by atoms with Crippen molar-refractivity contribution in [2.24, 2.45) is 0 Å². The van der Waals surface area contributed by atoms with Gasteiger partial charge in [0.15, 0.2) is 0 Å². The molecule has 12 heavy (non-hydrogen) atoms. The highest BCUT2D eigenvalue weighted by Gasteiger charge is 1.94. The molecular formula is C9H11N3. The molecule has 0 saturated carbocycles. The van der Waals surface area contributed by atoms with Gasteiger partial charge in [-0.3, -0.25) is 0 Å². The number of unbranched alkanes of at least 4 members (excludes halogenated alkanes) is 1. The Hall–Kier alpha value is -1.43. The van der Waals surface area contributed by atoms with E-state index in [0.29, 0.717) is 0 Å². The SMILES string of the molecule is CCCCc1cnc(C#N)nc1. The van der Waals surface area contributed by atoms with Crippen molar-refractivity contribution in [1.29, 1.82) is 5.26 Å². The molecule has 1 aromatic rings. The van der Waals surface area contributed by atoms with E-state index in [1.165, 1.54) is 6.42 Å². The van der Waals surface area contributed by atoms with E-state index in [2.05, 4.69) is 16.9 Å². The highest BCUT2D eigenvalue weighted by molar-refractivity contribution is 5.13. The topological polar surface area (TPSA) is 49.6 Å². The first-order valence-electron chi connectivity index (χ1n) is 4.08. The number of hydrogen-bond donors (Lipinski definition) is 0. The molecule has 0 radical (unpaired) electrons. The fourth-order valence-corrected chi connectivity index (χ4v) is 0.923. The smallest absolute Gasteiger partial charge is 0.227 e. The van der Waals surface area contributed by atoms with Crippen molar-refractivity contribution in [2.45, 2.75) is 26.2 Å². The van der Waals surface area contributed by atoms with Crippen LogP contribution in [0.3, 0.4) is 0 Å². The van der Waals surface area contributed by atoms with Crippen LogP contribution in [0.25, 0.3) is 0 Å². The van der Waals surface area contributed by atoms with Crippen molar-refractivity contribution in [1.82, 2.24) is 9.97 Å². The van der Waals surface area contributed by atoms with E-state index in [1.807, 2.05) is 6.07 Å². The number of rotatable bonds is 3. The van der Waals surface area contributed by atoms with Crippen LogP contribution >= 0.6 is 0 Å². The summed E-state index contributed by atoms with van der Waals surface area (Å²) in [5.74, 6) is 0.246. The molecule has 1 aromatic heterocycles. The predicted octanol–water partition coefficient (Wildman–Crippen LogP) is 1.69. The molecule has 0 aromatic carbocycles. The average Bonchev–Trinajstić information content (AvgIpc) is 2.15. The third-order valence-corrected chi connectivity index (χ3v) is 1.62. The van der Waals surface area contributed by atoms with Crippen LogP contribution < -0.4 is 0 Å².